The van der Waals surface area contributed by atoms with Crippen molar-refractivity contribution < 1.29 is 9.63 Å². The lowest BCUT2D eigenvalue weighted by Crippen LogP contribution is -1.86. The highest BCUT2D eigenvalue weighted by molar-refractivity contribution is 5.58. The molecule has 6 heteroatoms. The van der Waals surface area contributed by atoms with Gasteiger partial charge in [-0.05, 0) is 18.2 Å². The van der Waals surface area contributed by atoms with Crippen molar-refractivity contribution >= 4 is 0 Å². The third kappa shape index (κ3) is 1.91. The molecule has 0 fully saturated rings. The summed E-state index contributed by atoms with van der Waals surface area (Å²) in [6.45, 7) is 0. The zero-order valence-electron chi connectivity index (χ0n) is 9.19. The number of nitrogens with zero attached hydrogens (tertiary/aromatic N) is 4. The average Bonchev–Trinajstić information content (AvgIpc) is 2.89. The molecule has 0 unspecified atom stereocenters. The van der Waals surface area contributed by atoms with Crippen LogP contribution in [0.1, 0.15) is 0 Å². The summed E-state index contributed by atoms with van der Waals surface area (Å²) < 4.78 is 5.12. The fourth-order valence-corrected chi connectivity index (χ4v) is 1.50. The third-order valence-electron chi connectivity index (χ3n) is 2.31. The van der Waals surface area contributed by atoms with Crippen molar-refractivity contribution in [2.45, 2.75) is 0 Å². The van der Waals surface area contributed by atoms with Crippen molar-refractivity contribution in [1.29, 1.82) is 0 Å². The van der Waals surface area contributed by atoms with E-state index in [-0.39, 0.29) is 5.75 Å². The predicted molar refractivity (Wildman–Crippen MR) is 62.4 cm³/mol. The molecule has 2 aromatic heterocycles. The monoisotopic (exact) mass is 240 g/mol. The van der Waals surface area contributed by atoms with Crippen LogP contribution in [0.15, 0.2) is 47.4 Å². The first-order valence-corrected chi connectivity index (χ1v) is 5.22. The molecule has 0 aliphatic heterocycles. The number of hydrogen-bond acceptors (Lipinski definition) is 6. The fourth-order valence-electron chi connectivity index (χ4n) is 1.50. The molecule has 1 aromatic carbocycles. The Kier molecular flexibility index (Phi) is 2.45. The molecule has 0 spiro atoms. The van der Waals surface area contributed by atoms with Crippen LogP contribution in [0.5, 0.6) is 5.75 Å². The highest BCUT2D eigenvalue weighted by atomic mass is 16.5. The molecule has 3 rings (SSSR count). The van der Waals surface area contributed by atoms with Gasteiger partial charge in [-0.1, -0.05) is 11.2 Å². The second-order valence-corrected chi connectivity index (χ2v) is 3.56. The highest BCUT2D eigenvalue weighted by Gasteiger charge is 2.11. The first-order valence-electron chi connectivity index (χ1n) is 5.22. The fraction of sp³-hybridized carbons (Fsp3) is 0. The third-order valence-corrected chi connectivity index (χ3v) is 2.31. The molecular weight excluding hydrogens is 232 g/mol. The smallest absolute Gasteiger partial charge is 0.258 e. The normalized spacial score (nSPS) is 10.4. The number of hydrogen-bond donors (Lipinski definition) is 1. The van der Waals surface area contributed by atoms with Crippen LogP contribution in [0.3, 0.4) is 0 Å². The molecule has 2 heterocycles. The summed E-state index contributed by atoms with van der Waals surface area (Å²) in [5.74, 6) is 0.833. The minimum Gasteiger partial charge on any atom is -0.508 e. The molecule has 0 aliphatic rings. The van der Waals surface area contributed by atoms with E-state index in [4.69, 9.17) is 4.52 Å². The van der Waals surface area contributed by atoms with Gasteiger partial charge in [0.15, 0.2) is 0 Å². The Labute approximate surface area is 102 Å². The number of aromatic hydroxyl groups is 1. The van der Waals surface area contributed by atoms with Crippen LogP contribution in [0.25, 0.3) is 23.0 Å². The van der Waals surface area contributed by atoms with Crippen molar-refractivity contribution in [3.8, 4) is 28.7 Å². The van der Waals surface area contributed by atoms with E-state index in [1.165, 1.54) is 0 Å². The molecule has 0 saturated heterocycles. The Bertz CT molecular complexity index is 667. The van der Waals surface area contributed by atoms with Gasteiger partial charge in [0.1, 0.15) is 11.4 Å². The van der Waals surface area contributed by atoms with Gasteiger partial charge in [0.25, 0.3) is 5.89 Å². The molecule has 0 saturated carbocycles. The lowest BCUT2D eigenvalue weighted by atomic mass is 10.2. The van der Waals surface area contributed by atoms with Crippen LogP contribution >= 0.6 is 0 Å². The molecule has 0 aliphatic carbocycles. The summed E-state index contributed by atoms with van der Waals surface area (Å²) in [4.78, 5) is 12.2. The van der Waals surface area contributed by atoms with E-state index in [0.29, 0.717) is 23.0 Å². The Morgan fingerprint density at radius 2 is 2.11 bits per heavy atom. The van der Waals surface area contributed by atoms with Crippen LogP contribution in [-0.4, -0.2) is 25.2 Å². The second kappa shape index (κ2) is 4.25. The molecule has 0 amide bonds. The molecule has 0 radical (unpaired) electrons. The Hall–Kier alpha value is -2.76. The molecule has 1 N–H and O–H groups in total. The van der Waals surface area contributed by atoms with Gasteiger partial charge in [-0.15, -0.1) is 0 Å². The largest absolute Gasteiger partial charge is 0.508 e. The minimum absolute atomic E-state index is 0.145. The van der Waals surface area contributed by atoms with Gasteiger partial charge >= 0.3 is 0 Å². The standard InChI is InChI=1S/C12H8N4O2/c17-9-3-1-2-8(6-9)12-15-11(16-18-12)10-7-13-4-5-14-10/h1-7,17H. The van der Waals surface area contributed by atoms with Gasteiger partial charge in [-0.25, -0.2) is 4.98 Å². The number of aromatic nitrogens is 4. The summed E-state index contributed by atoms with van der Waals surface area (Å²) >= 11 is 0. The lowest BCUT2D eigenvalue weighted by molar-refractivity contribution is 0.431. The summed E-state index contributed by atoms with van der Waals surface area (Å²) in [7, 11) is 0. The molecule has 3 aromatic rings. The lowest BCUT2D eigenvalue weighted by Gasteiger charge is -1.94. The predicted octanol–water partition coefficient (Wildman–Crippen LogP) is 1.90. The van der Waals surface area contributed by atoms with Crippen molar-refractivity contribution in [1.82, 2.24) is 20.1 Å². The summed E-state index contributed by atoms with van der Waals surface area (Å²) in [6.07, 6.45) is 4.68. The van der Waals surface area contributed by atoms with Gasteiger partial charge in [-0.3, -0.25) is 4.98 Å². The van der Waals surface area contributed by atoms with E-state index in [0.717, 1.165) is 0 Å². The number of benzene rings is 1. The van der Waals surface area contributed by atoms with E-state index in [1.54, 1.807) is 42.9 Å². The maximum atomic E-state index is 9.39. The van der Waals surface area contributed by atoms with Crippen LogP contribution in [-0.2, 0) is 0 Å². The number of phenols is 1. The summed E-state index contributed by atoms with van der Waals surface area (Å²) in [5.41, 5.74) is 1.19. The van der Waals surface area contributed by atoms with Gasteiger partial charge in [-0.2, -0.15) is 4.98 Å². The molecular formula is C12H8N4O2. The van der Waals surface area contributed by atoms with Crippen LogP contribution in [0.4, 0.5) is 0 Å². The van der Waals surface area contributed by atoms with Crippen molar-refractivity contribution in [2.75, 3.05) is 0 Å². The van der Waals surface area contributed by atoms with Gasteiger partial charge in [0.2, 0.25) is 5.82 Å². The van der Waals surface area contributed by atoms with Gasteiger partial charge < -0.3 is 9.63 Å². The average molecular weight is 240 g/mol. The van der Waals surface area contributed by atoms with Crippen LogP contribution < -0.4 is 0 Å². The Balaban J connectivity index is 2.00. The molecule has 6 nitrogen and oxygen atoms in total. The zero-order chi connectivity index (χ0) is 12.4. The van der Waals surface area contributed by atoms with E-state index < -0.39 is 0 Å². The van der Waals surface area contributed by atoms with Gasteiger partial charge in [0, 0.05) is 18.0 Å². The van der Waals surface area contributed by atoms with Crippen molar-refractivity contribution in [2.24, 2.45) is 0 Å². The van der Waals surface area contributed by atoms with E-state index in [9.17, 15) is 5.11 Å². The maximum absolute atomic E-state index is 9.39. The second-order valence-electron chi connectivity index (χ2n) is 3.56. The van der Waals surface area contributed by atoms with Crippen molar-refractivity contribution in [3.63, 3.8) is 0 Å². The van der Waals surface area contributed by atoms with Gasteiger partial charge in [0.05, 0.1) is 6.20 Å². The van der Waals surface area contributed by atoms with E-state index in [1.807, 2.05) is 0 Å². The number of rotatable bonds is 2. The Morgan fingerprint density at radius 3 is 2.89 bits per heavy atom. The van der Waals surface area contributed by atoms with E-state index >= 15 is 0 Å². The topological polar surface area (TPSA) is 84.9 Å². The molecule has 0 atom stereocenters. The first-order chi connectivity index (χ1) is 8.83. The molecule has 0 bridgehead atoms. The SMILES string of the molecule is Oc1cccc(-c2nc(-c3cnccn3)no2)c1. The first kappa shape index (κ1) is 10.4. The van der Waals surface area contributed by atoms with Crippen LogP contribution in [0, 0.1) is 0 Å². The molecule has 88 valence electrons. The van der Waals surface area contributed by atoms with E-state index in [2.05, 4.69) is 20.1 Å². The minimum atomic E-state index is 0.145. The van der Waals surface area contributed by atoms with Crippen molar-refractivity contribution in [3.05, 3.63) is 42.9 Å². The highest BCUT2D eigenvalue weighted by Crippen LogP contribution is 2.23. The summed E-state index contributed by atoms with van der Waals surface area (Å²) in [6, 6.07) is 6.60. The number of phenolic OH excluding ortho intramolecular Hbond substituents is 1. The summed E-state index contributed by atoms with van der Waals surface area (Å²) in [5, 5.41) is 13.2. The Morgan fingerprint density at radius 1 is 1.17 bits per heavy atom. The quantitative estimate of drug-likeness (QED) is 0.736. The van der Waals surface area contributed by atoms with Crippen LogP contribution in [0.2, 0.25) is 0 Å². The zero-order valence-corrected chi connectivity index (χ0v) is 9.19. The maximum Gasteiger partial charge on any atom is 0.258 e. The molecule has 18 heavy (non-hydrogen) atoms.